The Morgan fingerprint density at radius 3 is 2.22 bits per heavy atom. The van der Waals surface area contributed by atoms with Gasteiger partial charge in [0.25, 0.3) is 0 Å². The molecule has 0 spiro atoms. The summed E-state index contributed by atoms with van der Waals surface area (Å²) in [6.07, 6.45) is 1.75. The van der Waals surface area contributed by atoms with Gasteiger partial charge in [0.05, 0.1) is 26.2 Å². The standard InChI is InChI=1S/C25H34BrN3O6S/c1-7-17(2)27-25(31)18(3)28(15-19-8-10-20(26)11-9-19)24(30)16-29(36(6,32)33)22-13-12-21(34-4)14-23(22)35-5/h8-14,17-18H,7,15-16H2,1-6H3,(H,27,31)/t17-,18-/m0/s1. The molecule has 0 aliphatic rings. The topological polar surface area (TPSA) is 105 Å². The number of benzene rings is 2. The number of nitrogens with zero attached hydrogens (tertiary/aromatic N) is 2. The third-order valence-corrected chi connectivity index (χ3v) is 7.42. The molecule has 0 fully saturated rings. The van der Waals surface area contributed by atoms with E-state index in [-0.39, 0.29) is 29.9 Å². The molecule has 2 amide bonds. The molecular formula is C25H34BrN3O6S. The van der Waals surface area contributed by atoms with E-state index >= 15 is 0 Å². The van der Waals surface area contributed by atoms with Crippen molar-refractivity contribution >= 4 is 43.5 Å². The lowest BCUT2D eigenvalue weighted by Crippen LogP contribution is -2.52. The molecule has 2 aromatic rings. The van der Waals surface area contributed by atoms with E-state index in [2.05, 4.69) is 21.2 Å². The number of ether oxygens (including phenoxy) is 2. The van der Waals surface area contributed by atoms with Crippen LogP contribution in [0.5, 0.6) is 11.5 Å². The van der Waals surface area contributed by atoms with Gasteiger partial charge in [0.2, 0.25) is 21.8 Å². The van der Waals surface area contributed by atoms with Gasteiger partial charge in [0.1, 0.15) is 24.1 Å². The number of hydrogen-bond donors (Lipinski definition) is 1. The van der Waals surface area contributed by atoms with Gasteiger partial charge in [-0.2, -0.15) is 0 Å². The maximum Gasteiger partial charge on any atom is 0.244 e. The molecule has 9 nitrogen and oxygen atoms in total. The number of anilines is 1. The van der Waals surface area contributed by atoms with Crippen LogP contribution in [-0.4, -0.2) is 64.2 Å². The van der Waals surface area contributed by atoms with Crippen molar-refractivity contribution in [2.75, 3.05) is 31.3 Å². The molecule has 0 saturated carbocycles. The maximum absolute atomic E-state index is 13.6. The normalized spacial score (nSPS) is 12.9. The summed E-state index contributed by atoms with van der Waals surface area (Å²) in [6, 6.07) is 11.1. The van der Waals surface area contributed by atoms with Crippen molar-refractivity contribution in [1.82, 2.24) is 10.2 Å². The van der Waals surface area contributed by atoms with Crippen molar-refractivity contribution < 1.29 is 27.5 Å². The van der Waals surface area contributed by atoms with Crippen molar-refractivity contribution in [1.29, 1.82) is 0 Å². The van der Waals surface area contributed by atoms with Crippen LogP contribution in [0.3, 0.4) is 0 Å². The quantitative estimate of drug-likeness (QED) is 0.409. The van der Waals surface area contributed by atoms with Crippen LogP contribution in [0.25, 0.3) is 0 Å². The van der Waals surface area contributed by atoms with Crippen molar-refractivity contribution in [2.24, 2.45) is 0 Å². The number of rotatable bonds is 12. The Kier molecular flexibility index (Phi) is 10.6. The Labute approximate surface area is 221 Å². The summed E-state index contributed by atoms with van der Waals surface area (Å²) in [5, 5.41) is 2.90. The number of amides is 2. The average molecular weight is 585 g/mol. The minimum Gasteiger partial charge on any atom is -0.497 e. The second-order valence-corrected chi connectivity index (χ2v) is 11.3. The monoisotopic (exact) mass is 583 g/mol. The fraction of sp³-hybridized carbons (Fsp3) is 0.440. The number of halogens is 1. The van der Waals surface area contributed by atoms with Crippen LogP contribution in [0.4, 0.5) is 5.69 Å². The largest absolute Gasteiger partial charge is 0.497 e. The van der Waals surface area contributed by atoms with Gasteiger partial charge in [0.15, 0.2) is 0 Å². The van der Waals surface area contributed by atoms with Crippen LogP contribution in [-0.2, 0) is 26.2 Å². The summed E-state index contributed by atoms with van der Waals surface area (Å²) in [7, 11) is -0.999. The number of sulfonamides is 1. The molecule has 0 aliphatic heterocycles. The van der Waals surface area contributed by atoms with E-state index in [0.29, 0.717) is 5.75 Å². The lowest BCUT2D eigenvalue weighted by atomic mass is 10.1. The van der Waals surface area contributed by atoms with Gasteiger partial charge in [-0.1, -0.05) is 35.0 Å². The molecule has 0 aromatic heterocycles. The maximum atomic E-state index is 13.6. The zero-order chi connectivity index (χ0) is 27.0. The number of methoxy groups -OCH3 is 2. The Morgan fingerprint density at radius 1 is 1.06 bits per heavy atom. The summed E-state index contributed by atoms with van der Waals surface area (Å²) >= 11 is 3.39. The minimum absolute atomic E-state index is 0.0688. The number of nitrogens with one attached hydrogen (secondary N) is 1. The Balaban J connectivity index is 2.45. The van der Waals surface area contributed by atoms with Gasteiger partial charge >= 0.3 is 0 Å². The fourth-order valence-corrected chi connectivity index (χ4v) is 4.54. The second kappa shape index (κ2) is 13.0. The summed E-state index contributed by atoms with van der Waals surface area (Å²) < 4.78 is 38.0. The average Bonchev–Trinajstić information content (AvgIpc) is 2.85. The van der Waals surface area contributed by atoms with E-state index in [1.807, 2.05) is 38.1 Å². The van der Waals surface area contributed by atoms with Crippen molar-refractivity contribution in [3.8, 4) is 11.5 Å². The molecule has 0 heterocycles. The third-order valence-electron chi connectivity index (χ3n) is 5.77. The van der Waals surface area contributed by atoms with Crippen LogP contribution >= 0.6 is 15.9 Å². The molecule has 0 radical (unpaired) electrons. The molecule has 0 saturated heterocycles. The zero-order valence-electron chi connectivity index (χ0n) is 21.4. The zero-order valence-corrected chi connectivity index (χ0v) is 23.9. The molecule has 0 aliphatic carbocycles. The Morgan fingerprint density at radius 2 is 1.69 bits per heavy atom. The molecule has 198 valence electrons. The highest BCUT2D eigenvalue weighted by Gasteiger charge is 2.31. The first kappa shape index (κ1) is 29.4. The lowest BCUT2D eigenvalue weighted by Gasteiger charge is -2.32. The van der Waals surface area contributed by atoms with Crippen LogP contribution < -0.4 is 19.1 Å². The van der Waals surface area contributed by atoms with Crippen LogP contribution in [0, 0.1) is 0 Å². The number of hydrogen-bond acceptors (Lipinski definition) is 6. The molecule has 11 heteroatoms. The van der Waals surface area contributed by atoms with E-state index in [0.717, 1.165) is 27.0 Å². The summed E-state index contributed by atoms with van der Waals surface area (Å²) in [5.74, 6) is -0.145. The van der Waals surface area contributed by atoms with E-state index in [4.69, 9.17) is 9.47 Å². The van der Waals surface area contributed by atoms with E-state index in [1.165, 1.54) is 25.2 Å². The summed E-state index contributed by atoms with van der Waals surface area (Å²) in [6.45, 7) is 5.07. The van der Waals surface area contributed by atoms with E-state index < -0.39 is 28.5 Å². The third kappa shape index (κ3) is 7.86. The van der Waals surface area contributed by atoms with Crippen molar-refractivity contribution in [2.45, 2.75) is 45.8 Å². The first-order chi connectivity index (χ1) is 16.9. The second-order valence-electron chi connectivity index (χ2n) is 8.45. The van der Waals surface area contributed by atoms with Crippen molar-refractivity contribution in [3.63, 3.8) is 0 Å². The first-order valence-corrected chi connectivity index (χ1v) is 14.1. The minimum atomic E-state index is -3.89. The number of carbonyl (C=O) groups excluding carboxylic acids is 2. The van der Waals surface area contributed by atoms with Gasteiger partial charge in [-0.05, 0) is 50.1 Å². The first-order valence-electron chi connectivity index (χ1n) is 11.4. The Bertz CT molecular complexity index is 1160. The fourth-order valence-electron chi connectivity index (χ4n) is 3.42. The smallest absolute Gasteiger partial charge is 0.244 e. The van der Waals surface area contributed by atoms with Crippen LogP contribution in [0.2, 0.25) is 0 Å². The van der Waals surface area contributed by atoms with Crippen LogP contribution in [0.1, 0.15) is 32.8 Å². The molecule has 0 unspecified atom stereocenters. The summed E-state index contributed by atoms with van der Waals surface area (Å²) in [5.41, 5.74) is 0.983. The highest BCUT2D eigenvalue weighted by atomic mass is 79.9. The molecular weight excluding hydrogens is 550 g/mol. The molecule has 2 aromatic carbocycles. The predicted octanol–water partition coefficient (Wildman–Crippen LogP) is 3.56. The van der Waals surface area contributed by atoms with Crippen molar-refractivity contribution in [3.05, 3.63) is 52.5 Å². The van der Waals surface area contributed by atoms with E-state index in [1.54, 1.807) is 19.1 Å². The number of carbonyl (C=O) groups is 2. The molecule has 2 rings (SSSR count). The Hall–Kier alpha value is -2.79. The SMILES string of the molecule is CC[C@H](C)NC(=O)[C@H](C)N(Cc1ccc(Br)cc1)C(=O)CN(c1ccc(OC)cc1OC)S(C)(=O)=O. The van der Waals surface area contributed by atoms with E-state index in [9.17, 15) is 18.0 Å². The highest BCUT2D eigenvalue weighted by Crippen LogP contribution is 2.33. The lowest BCUT2D eigenvalue weighted by molar-refractivity contribution is -0.139. The summed E-state index contributed by atoms with van der Waals surface area (Å²) in [4.78, 5) is 28.0. The molecule has 36 heavy (non-hydrogen) atoms. The molecule has 1 N–H and O–H groups in total. The van der Waals surface area contributed by atoms with Crippen LogP contribution in [0.15, 0.2) is 46.9 Å². The van der Waals surface area contributed by atoms with Gasteiger partial charge in [-0.15, -0.1) is 0 Å². The van der Waals surface area contributed by atoms with Gasteiger partial charge < -0.3 is 19.7 Å². The predicted molar refractivity (Wildman–Crippen MR) is 144 cm³/mol. The highest BCUT2D eigenvalue weighted by molar-refractivity contribution is 9.10. The molecule has 0 bridgehead atoms. The van der Waals surface area contributed by atoms with Gasteiger partial charge in [-0.25, -0.2) is 8.42 Å². The van der Waals surface area contributed by atoms with Gasteiger partial charge in [-0.3, -0.25) is 13.9 Å². The van der Waals surface area contributed by atoms with Gasteiger partial charge in [0, 0.05) is 23.1 Å². The molecule has 2 atom stereocenters.